The summed E-state index contributed by atoms with van der Waals surface area (Å²) in [6, 6.07) is 2.39. The number of thioether (sulfide) groups is 1. The third-order valence-electron chi connectivity index (χ3n) is 3.32. The maximum absolute atomic E-state index is 9.13. The monoisotopic (exact) mass is 240 g/mol. The molecule has 0 aliphatic heterocycles. The number of hydrogen-bond acceptors (Lipinski definition) is 3. The number of nitrogens with zero attached hydrogens (tertiary/aromatic N) is 1. The van der Waals surface area contributed by atoms with Gasteiger partial charge >= 0.3 is 0 Å². The summed E-state index contributed by atoms with van der Waals surface area (Å²) in [7, 11) is 0. The first kappa shape index (κ1) is 13.9. The maximum Gasteiger partial charge on any atom is 0.104 e. The molecule has 2 nitrogen and oxygen atoms in total. The molecule has 1 atom stereocenters. The molecule has 16 heavy (non-hydrogen) atoms. The Morgan fingerprint density at radius 3 is 2.62 bits per heavy atom. The van der Waals surface area contributed by atoms with E-state index in [9.17, 15) is 0 Å². The van der Waals surface area contributed by atoms with Gasteiger partial charge in [0.15, 0.2) is 0 Å². The second-order valence-corrected chi connectivity index (χ2v) is 6.26. The fourth-order valence-corrected chi connectivity index (χ4v) is 3.76. The summed E-state index contributed by atoms with van der Waals surface area (Å²) < 4.78 is 0. The minimum Gasteiger partial charge on any atom is -0.300 e. The molecule has 3 heteroatoms. The molecule has 0 amide bonds. The van der Waals surface area contributed by atoms with E-state index in [0.29, 0.717) is 0 Å². The van der Waals surface area contributed by atoms with Gasteiger partial charge in [-0.25, -0.2) is 0 Å². The van der Waals surface area contributed by atoms with Crippen LogP contribution in [-0.2, 0) is 0 Å². The molecular formula is C13H24N2S. The van der Waals surface area contributed by atoms with Crippen LogP contribution in [0, 0.1) is 11.3 Å². The van der Waals surface area contributed by atoms with Crippen molar-refractivity contribution in [2.45, 2.75) is 63.2 Å². The fourth-order valence-electron chi connectivity index (χ4n) is 2.24. The summed E-state index contributed by atoms with van der Waals surface area (Å²) in [6.45, 7) is 4.94. The van der Waals surface area contributed by atoms with Crippen molar-refractivity contribution >= 4 is 11.8 Å². The predicted octanol–water partition coefficient (Wildman–Crippen LogP) is 3.33. The van der Waals surface area contributed by atoms with Crippen molar-refractivity contribution in [3.63, 3.8) is 0 Å². The summed E-state index contributed by atoms with van der Waals surface area (Å²) in [5.41, 5.74) is -0.323. The minimum absolute atomic E-state index is 0.323. The summed E-state index contributed by atoms with van der Waals surface area (Å²) in [5, 5.41) is 13.3. The van der Waals surface area contributed by atoms with E-state index in [-0.39, 0.29) is 5.54 Å². The van der Waals surface area contributed by atoms with E-state index in [4.69, 9.17) is 5.26 Å². The summed E-state index contributed by atoms with van der Waals surface area (Å²) in [6.07, 6.45) is 7.95. The van der Waals surface area contributed by atoms with Crippen LogP contribution in [-0.4, -0.2) is 23.1 Å². The van der Waals surface area contributed by atoms with Crippen LogP contribution < -0.4 is 5.32 Å². The number of nitriles is 1. The molecule has 0 bridgehead atoms. The Balaban J connectivity index is 2.20. The average molecular weight is 240 g/mol. The third kappa shape index (κ3) is 4.76. The Morgan fingerprint density at radius 1 is 1.38 bits per heavy atom. The normalized spacial score (nSPS) is 21.3. The van der Waals surface area contributed by atoms with Crippen LogP contribution in [0.1, 0.15) is 52.4 Å². The predicted molar refractivity (Wildman–Crippen MR) is 71.6 cm³/mol. The first-order valence-corrected chi connectivity index (χ1v) is 7.53. The highest BCUT2D eigenvalue weighted by molar-refractivity contribution is 7.99. The lowest BCUT2D eigenvalue weighted by Gasteiger charge is -2.25. The molecule has 92 valence electrons. The smallest absolute Gasteiger partial charge is 0.104 e. The third-order valence-corrected chi connectivity index (χ3v) is 4.70. The van der Waals surface area contributed by atoms with Crippen LogP contribution in [0.25, 0.3) is 0 Å². The molecule has 1 saturated carbocycles. The minimum atomic E-state index is -0.323. The van der Waals surface area contributed by atoms with E-state index in [0.717, 1.165) is 24.0 Å². The van der Waals surface area contributed by atoms with Crippen LogP contribution in [0.2, 0.25) is 0 Å². The zero-order valence-corrected chi connectivity index (χ0v) is 11.4. The first-order chi connectivity index (χ1) is 7.70. The topological polar surface area (TPSA) is 35.8 Å². The van der Waals surface area contributed by atoms with Crippen molar-refractivity contribution in [2.75, 3.05) is 12.3 Å². The van der Waals surface area contributed by atoms with E-state index >= 15 is 0 Å². The maximum atomic E-state index is 9.13. The quantitative estimate of drug-likeness (QED) is 0.773. The van der Waals surface area contributed by atoms with Gasteiger partial charge in [0, 0.05) is 5.25 Å². The van der Waals surface area contributed by atoms with Crippen molar-refractivity contribution in [3.8, 4) is 6.07 Å². The lowest BCUT2D eigenvalue weighted by molar-refractivity contribution is 0.449. The van der Waals surface area contributed by atoms with Crippen LogP contribution in [0.4, 0.5) is 0 Å². The number of rotatable bonds is 6. The highest BCUT2D eigenvalue weighted by atomic mass is 32.2. The first-order valence-electron chi connectivity index (χ1n) is 6.48. The van der Waals surface area contributed by atoms with Gasteiger partial charge in [-0.2, -0.15) is 17.0 Å². The van der Waals surface area contributed by atoms with Crippen LogP contribution in [0.5, 0.6) is 0 Å². The Kier molecular flexibility index (Phi) is 6.23. The van der Waals surface area contributed by atoms with Crippen LogP contribution in [0.3, 0.4) is 0 Å². The van der Waals surface area contributed by atoms with Gasteiger partial charge in [0.25, 0.3) is 0 Å². The molecule has 0 saturated heterocycles. The number of nitrogens with one attached hydrogen (secondary N) is 1. The second-order valence-electron chi connectivity index (χ2n) is 4.86. The van der Waals surface area contributed by atoms with Crippen molar-refractivity contribution in [2.24, 2.45) is 0 Å². The summed E-state index contributed by atoms with van der Waals surface area (Å²) in [5.74, 6) is 1.11. The standard InChI is InChI=1S/C13H24N2S/c1-3-15-13(2,11-14)9-10-16-12-7-5-4-6-8-12/h12,15H,3-10H2,1-2H3. The zero-order chi connectivity index (χ0) is 11.9. The van der Waals surface area contributed by atoms with E-state index in [1.807, 2.05) is 6.92 Å². The molecule has 0 heterocycles. The molecule has 1 fully saturated rings. The molecule has 1 unspecified atom stereocenters. The largest absolute Gasteiger partial charge is 0.300 e. The molecule has 0 aromatic rings. The fraction of sp³-hybridized carbons (Fsp3) is 0.923. The lowest BCUT2D eigenvalue weighted by atomic mass is 10.0. The molecule has 0 aromatic carbocycles. The van der Waals surface area contributed by atoms with Crippen LogP contribution in [0.15, 0.2) is 0 Å². The van der Waals surface area contributed by atoms with Crippen molar-refractivity contribution in [1.29, 1.82) is 5.26 Å². The van der Waals surface area contributed by atoms with Gasteiger partial charge in [0.2, 0.25) is 0 Å². The van der Waals surface area contributed by atoms with Gasteiger partial charge in [-0.15, -0.1) is 0 Å². The van der Waals surface area contributed by atoms with Crippen molar-refractivity contribution in [3.05, 3.63) is 0 Å². The van der Waals surface area contributed by atoms with Gasteiger partial charge < -0.3 is 0 Å². The number of hydrogen-bond donors (Lipinski definition) is 1. The molecule has 1 aliphatic rings. The second kappa shape index (κ2) is 7.19. The lowest BCUT2D eigenvalue weighted by Crippen LogP contribution is -2.41. The van der Waals surface area contributed by atoms with Gasteiger partial charge in [0.05, 0.1) is 6.07 Å². The van der Waals surface area contributed by atoms with E-state index in [1.54, 1.807) is 0 Å². The van der Waals surface area contributed by atoms with Crippen LogP contribution >= 0.6 is 11.8 Å². The Labute approximate surface area is 104 Å². The molecular weight excluding hydrogens is 216 g/mol. The molecule has 1 aliphatic carbocycles. The summed E-state index contributed by atoms with van der Waals surface area (Å²) in [4.78, 5) is 0. The van der Waals surface area contributed by atoms with Gasteiger partial charge in [-0.3, -0.25) is 5.32 Å². The van der Waals surface area contributed by atoms with E-state index in [2.05, 4.69) is 30.1 Å². The van der Waals surface area contributed by atoms with Gasteiger partial charge in [-0.05, 0) is 38.5 Å². The molecule has 1 rings (SSSR count). The Hall–Kier alpha value is -0.200. The van der Waals surface area contributed by atoms with Crippen molar-refractivity contribution < 1.29 is 0 Å². The van der Waals surface area contributed by atoms with Gasteiger partial charge in [-0.1, -0.05) is 26.2 Å². The van der Waals surface area contributed by atoms with E-state index in [1.165, 1.54) is 32.1 Å². The SMILES string of the molecule is CCNC(C)(C#N)CCSC1CCCCC1. The molecule has 0 radical (unpaired) electrons. The molecule has 1 N–H and O–H groups in total. The molecule has 0 spiro atoms. The highest BCUT2D eigenvalue weighted by Crippen LogP contribution is 2.29. The Morgan fingerprint density at radius 2 is 2.06 bits per heavy atom. The average Bonchev–Trinajstić information content (AvgIpc) is 2.31. The van der Waals surface area contributed by atoms with Crippen molar-refractivity contribution in [1.82, 2.24) is 5.32 Å². The van der Waals surface area contributed by atoms with E-state index < -0.39 is 0 Å². The Bertz CT molecular complexity index is 231. The van der Waals surface area contributed by atoms with Gasteiger partial charge in [0.1, 0.15) is 5.54 Å². The summed E-state index contributed by atoms with van der Waals surface area (Å²) >= 11 is 2.07. The zero-order valence-electron chi connectivity index (χ0n) is 10.6. The molecule has 0 aromatic heterocycles. The highest BCUT2D eigenvalue weighted by Gasteiger charge is 2.22.